The third kappa shape index (κ3) is 4.84. The number of rotatable bonds is 6. The van der Waals surface area contributed by atoms with Gasteiger partial charge in [-0.2, -0.15) is 0 Å². The molecule has 0 spiro atoms. The van der Waals surface area contributed by atoms with E-state index in [1.165, 1.54) is 11.1 Å². The molecule has 0 saturated heterocycles. The van der Waals surface area contributed by atoms with E-state index >= 15 is 0 Å². The van der Waals surface area contributed by atoms with Gasteiger partial charge >= 0.3 is 0 Å². The number of nitrogens with two attached hydrogens (primary N) is 1. The number of aryl methyl sites for hydroxylation is 1. The number of hydrogen-bond acceptors (Lipinski definition) is 3. The molecule has 0 radical (unpaired) electrons. The number of benzene rings is 1. The summed E-state index contributed by atoms with van der Waals surface area (Å²) in [6.07, 6.45) is 0.455. The first-order chi connectivity index (χ1) is 8.75. The van der Waals surface area contributed by atoms with Gasteiger partial charge in [-0.1, -0.05) is 19.9 Å². The average Bonchev–Trinajstić information content (AvgIpc) is 2.27. The topological polar surface area (TPSA) is 55.5 Å². The minimum Gasteiger partial charge on any atom is -0.491 e. The van der Waals surface area contributed by atoms with E-state index in [-0.39, 0.29) is 12.6 Å². The second-order valence-corrected chi connectivity index (χ2v) is 6.01. The fourth-order valence-electron chi connectivity index (χ4n) is 2.35. The zero-order chi connectivity index (χ0) is 14.6. The summed E-state index contributed by atoms with van der Waals surface area (Å²) in [5, 5.41) is 9.94. The molecule has 0 aliphatic carbocycles. The Morgan fingerprint density at radius 1 is 1.32 bits per heavy atom. The molecule has 1 aromatic rings. The molecule has 2 atom stereocenters. The van der Waals surface area contributed by atoms with Crippen molar-refractivity contribution in [3.63, 3.8) is 0 Å². The van der Waals surface area contributed by atoms with Gasteiger partial charge in [-0.15, -0.1) is 0 Å². The maximum Gasteiger partial charge on any atom is 0.119 e. The predicted octanol–water partition coefficient (Wildman–Crippen LogP) is 2.99. The Hall–Kier alpha value is -1.06. The zero-order valence-electron chi connectivity index (χ0n) is 12.7. The molecule has 1 aromatic carbocycles. The van der Waals surface area contributed by atoms with Gasteiger partial charge in [0, 0.05) is 13.0 Å². The maximum absolute atomic E-state index is 9.94. The fourth-order valence-corrected chi connectivity index (χ4v) is 2.35. The lowest BCUT2D eigenvalue weighted by Gasteiger charge is -2.25. The van der Waals surface area contributed by atoms with Crippen molar-refractivity contribution in [3.8, 4) is 5.75 Å². The second kappa shape index (κ2) is 6.40. The Morgan fingerprint density at radius 2 is 1.95 bits per heavy atom. The number of ether oxygens (including phenoxy) is 1. The highest BCUT2D eigenvalue weighted by Crippen LogP contribution is 2.25. The van der Waals surface area contributed by atoms with Crippen LogP contribution in [0.1, 0.15) is 51.2 Å². The summed E-state index contributed by atoms with van der Waals surface area (Å²) in [6, 6.07) is 6.17. The lowest BCUT2D eigenvalue weighted by atomic mass is 9.97. The van der Waals surface area contributed by atoms with Gasteiger partial charge in [0.05, 0.1) is 11.7 Å². The minimum absolute atomic E-state index is 0.0668. The van der Waals surface area contributed by atoms with E-state index in [9.17, 15) is 5.11 Å². The average molecular weight is 265 g/mol. The van der Waals surface area contributed by atoms with Gasteiger partial charge in [-0.3, -0.25) is 0 Å². The van der Waals surface area contributed by atoms with E-state index in [4.69, 9.17) is 10.5 Å². The van der Waals surface area contributed by atoms with Crippen LogP contribution in [0.5, 0.6) is 5.75 Å². The van der Waals surface area contributed by atoms with E-state index in [1.807, 2.05) is 13.0 Å². The van der Waals surface area contributed by atoms with Crippen LogP contribution in [0.4, 0.5) is 0 Å². The molecule has 0 aliphatic heterocycles. The second-order valence-electron chi connectivity index (χ2n) is 6.01. The van der Waals surface area contributed by atoms with Crippen LogP contribution in [0, 0.1) is 6.92 Å². The van der Waals surface area contributed by atoms with Crippen LogP contribution in [0.15, 0.2) is 18.2 Å². The van der Waals surface area contributed by atoms with Crippen LogP contribution in [0.2, 0.25) is 0 Å². The molecule has 19 heavy (non-hydrogen) atoms. The lowest BCUT2D eigenvalue weighted by molar-refractivity contribution is 0.0237. The van der Waals surface area contributed by atoms with Crippen molar-refractivity contribution in [2.75, 3.05) is 6.54 Å². The van der Waals surface area contributed by atoms with Crippen molar-refractivity contribution >= 4 is 0 Å². The molecule has 0 fully saturated rings. The van der Waals surface area contributed by atoms with Gasteiger partial charge in [0.2, 0.25) is 0 Å². The molecule has 0 saturated carbocycles. The molecule has 3 heteroatoms. The molecular formula is C16H27NO2. The van der Waals surface area contributed by atoms with Gasteiger partial charge in [0.15, 0.2) is 0 Å². The first-order valence-corrected chi connectivity index (χ1v) is 6.95. The van der Waals surface area contributed by atoms with Crippen LogP contribution >= 0.6 is 0 Å². The predicted molar refractivity (Wildman–Crippen MR) is 79.7 cm³/mol. The molecule has 0 heterocycles. The van der Waals surface area contributed by atoms with E-state index < -0.39 is 5.60 Å². The standard InChI is InChI=1S/C16H27NO2/c1-11(2)15-7-6-14(8-12(15)3)19-13(4)9-16(5,18)10-17/h6-8,11,13,18H,9-10,17H2,1-5H3. The Balaban J connectivity index is 2.70. The van der Waals surface area contributed by atoms with Gasteiger partial charge in [-0.25, -0.2) is 0 Å². The quantitative estimate of drug-likeness (QED) is 0.831. The van der Waals surface area contributed by atoms with E-state index in [1.54, 1.807) is 6.92 Å². The van der Waals surface area contributed by atoms with Crippen molar-refractivity contribution in [2.45, 2.75) is 58.7 Å². The molecule has 2 unspecified atom stereocenters. The van der Waals surface area contributed by atoms with Gasteiger partial charge < -0.3 is 15.6 Å². The van der Waals surface area contributed by atoms with Crippen molar-refractivity contribution < 1.29 is 9.84 Å². The third-order valence-electron chi connectivity index (χ3n) is 3.37. The van der Waals surface area contributed by atoms with E-state index in [2.05, 4.69) is 32.9 Å². The fraction of sp³-hybridized carbons (Fsp3) is 0.625. The Bertz CT molecular complexity index is 413. The van der Waals surface area contributed by atoms with Gasteiger partial charge in [-0.05, 0) is 49.9 Å². The van der Waals surface area contributed by atoms with Crippen molar-refractivity contribution in [2.24, 2.45) is 5.73 Å². The SMILES string of the molecule is Cc1cc(OC(C)CC(C)(O)CN)ccc1C(C)C. The summed E-state index contributed by atoms with van der Waals surface area (Å²) >= 11 is 0. The maximum atomic E-state index is 9.94. The van der Waals surface area contributed by atoms with Gasteiger partial charge in [0.25, 0.3) is 0 Å². The van der Waals surface area contributed by atoms with Crippen LogP contribution in [-0.4, -0.2) is 23.4 Å². The van der Waals surface area contributed by atoms with Crippen LogP contribution < -0.4 is 10.5 Å². The monoisotopic (exact) mass is 265 g/mol. The Morgan fingerprint density at radius 3 is 2.42 bits per heavy atom. The molecule has 0 aromatic heterocycles. The Kier molecular flexibility index (Phi) is 5.39. The lowest BCUT2D eigenvalue weighted by Crippen LogP contribution is -2.38. The summed E-state index contributed by atoms with van der Waals surface area (Å²) in [6.45, 7) is 10.4. The molecule has 0 amide bonds. The third-order valence-corrected chi connectivity index (χ3v) is 3.37. The smallest absolute Gasteiger partial charge is 0.119 e. The first kappa shape index (κ1) is 16.0. The highest BCUT2D eigenvalue weighted by molar-refractivity contribution is 5.36. The number of aliphatic hydroxyl groups is 1. The Labute approximate surface area is 116 Å². The molecule has 1 rings (SSSR count). The van der Waals surface area contributed by atoms with Crippen molar-refractivity contribution in [1.82, 2.24) is 0 Å². The summed E-state index contributed by atoms with van der Waals surface area (Å²) in [5.74, 6) is 1.37. The van der Waals surface area contributed by atoms with Crippen LogP contribution in [0.25, 0.3) is 0 Å². The van der Waals surface area contributed by atoms with Crippen molar-refractivity contribution in [1.29, 1.82) is 0 Å². The highest BCUT2D eigenvalue weighted by atomic mass is 16.5. The largest absolute Gasteiger partial charge is 0.491 e. The summed E-state index contributed by atoms with van der Waals surface area (Å²) in [5.41, 5.74) is 7.23. The van der Waals surface area contributed by atoms with Crippen molar-refractivity contribution in [3.05, 3.63) is 29.3 Å². The molecule has 3 N–H and O–H groups in total. The molecule has 0 aliphatic rings. The molecule has 108 valence electrons. The highest BCUT2D eigenvalue weighted by Gasteiger charge is 2.22. The van der Waals surface area contributed by atoms with Crippen LogP contribution in [0.3, 0.4) is 0 Å². The van der Waals surface area contributed by atoms with E-state index in [0.717, 1.165) is 5.75 Å². The molecular weight excluding hydrogens is 238 g/mol. The van der Waals surface area contributed by atoms with Gasteiger partial charge in [0.1, 0.15) is 5.75 Å². The summed E-state index contributed by atoms with van der Waals surface area (Å²) in [4.78, 5) is 0. The normalized spacial score (nSPS) is 16.2. The summed E-state index contributed by atoms with van der Waals surface area (Å²) < 4.78 is 5.85. The van der Waals surface area contributed by atoms with Crippen LogP contribution in [-0.2, 0) is 0 Å². The number of hydrogen-bond donors (Lipinski definition) is 2. The molecule has 0 bridgehead atoms. The van der Waals surface area contributed by atoms with E-state index in [0.29, 0.717) is 12.3 Å². The first-order valence-electron chi connectivity index (χ1n) is 6.95. The molecule has 3 nitrogen and oxygen atoms in total. The minimum atomic E-state index is -0.869. The zero-order valence-corrected chi connectivity index (χ0v) is 12.7. The summed E-state index contributed by atoms with van der Waals surface area (Å²) in [7, 11) is 0.